The van der Waals surface area contributed by atoms with Gasteiger partial charge in [0.1, 0.15) is 5.76 Å². The van der Waals surface area contributed by atoms with E-state index in [4.69, 9.17) is 21.8 Å². The fraction of sp³-hybridized carbons (Fsp3) is 0.389. The van der Waals surface area contributed by atoms with Gasteiger partial charge in [-0.15, -0.1) is 0 Å². The molecule has 122 valence electrons. The van der Waals surface area contributed by atoms with E-state index in [1.165, 1.54) is 0 Å². The molecule has 2 atom stereocenters. The molecular weight excluding hydrogens is 312 g/mol. The second kappa shape index (κ2) is 6.28. The number of anilines is 1. The Morgan fingerprint density at radius 2 is 1.91 bits per heavy atom. The van der Waals surface area contributed by atoms with Crippen LogP contribution in [-0.4, -0.2) is 22.9 Å². The predicted molar refractivity (Wildman–Crippen MR) is 92.5 cm³/mol. The van der Waals surface area contributed by atoms with Crippen molar-refractivity contribution in [2.45, 2.75) is 45.2 Å². The van der Waals surface area contributed by atoms with Crippen LogP contribution >= 0.6 is 11.6 Å². The highest BCUT2D eigenvalue weighted by molar-refractivity contribution is 6.33. The van der Waals surface area contributed by atoms with Gasteiger partial charge in [0, 0.05) is 23.3 Å². The van der Waals surface area contributed by atoms with Crippen molar-refractivity contribution < 1.29 is 9.21 Å². The zero-order chi connectivity index (χ0) is 16.6. The molecule has 0 spiro atoms. The molecule has 5 heteroatoms. The maximum Gasteiger partial charge on any atom is 0.290 e. The SMILES string of the molecule is CC1CCCC(C)N1C(=O)c1ccc(-c2ccc(N)cc2Cl)o1. The molecule has 0 aliphatic carbocycles. The highest BCUT2D eigenvalue weighted by Gasteiger charge is 2.31. The number of carbonyl (C=O) groups is 1. The average Bonchev–Trinajstić information content (AvgIpc) is 2.96. The molecule has 1 aliphatic heterocycles. The predicted octanol–water partition coefficient (Wildman–Crippen LogP) is 4.59. The van der Waals surface area contributed by atoms with Crippen molar-refractivity contribution in [2.24, 2.45) is 0 Å². The molecule has 1 aliphatic rings. The highest BCUT2D eigenvalue weighted by atomic mass is 35.5. The van der Waals surface area contributed by atoms with Gasteiger partial charge in [0.15, 0.2) is 5.76 Å². The Bertz CT molecular complexity index is 716. The first kappa shape index (κ1) is 15.9. The lowest BCUT2D eigenvalue weighted by molar-refractivity contribution is 0.0479. The van der Waals surface area contributed by atoms with Gasteiger partial charge in [-0.3, -0.25) is 4.79 Å². The number of rotatable bonds is 2. The zero-order valence-electron chi connectivity index (χ0n) is 13.4. The standard InChI is InChI=1S/C18H21ClN2O2/c1-11-4-3-5-12(2)21(11)18(22)17-9-8-16(23-17)14-7-6-13(20)10-15(14)19/h6-12H,3-5,20H2,1-2H3. The highest BCUT2D eigenvalue weighted by Crippen LogP contribution is 2.32. The van der Waals surface area contributed by atoms with Gasteiger partial charge < -0.3 is 15.1 Å². The van der Waals surface area contributed by atoms with Crippen molar-refractivity contribution >= 4 is 23.2 Å². The number of nitrogen functional groups attached to an aromatic ring is 1. The van der Waals surface area contributed by atoms with E-state index in [9.17, 15) is 4.79 Å². The van der Waals surface area contributed by atoms with E-state index in [0.717, 1.165) is 24.8 Å². The Balaban J connectivity index is 1.88. The molecule has 3 rings (SSSR count). The summed E-state index contributed by atoms with van der Waals surface area (Å²) >= 11 is 6.21. The van der Waals surface area contributed by atoms with Crippen molar-refractivity contribution in [3.8, 4) is 11.3 Å². The summed E-state index contributed by atoms with van der Waals surface area (Å²) in [6.07, 6.45) is 3.23. The van der Waals surface area contributed by atoms with E-state index in [1.807, 2.05) is 4.90 Å². The Hall–Kier alpha value is -1.94. The lowest BCUT2D eigenvalue weighted by Gasteiger charge is -2.38. The van der Waals surface area contributed by atoms with Crippen LogP contribution in [0.5, 0.6) is 0 Å². The molecule has 1 fully saturated rings. The molecule has 2 aromatic rings. The fourth-order valence-corrected chi connectivity index (χ4v) is 3.56. The smallest absolute Gasteiger partial charge is 0.290 e. The molecule has 0 radical (unpaired) electrons. The van der Waals surface area contributed by atoms with Crippen LogP contribution < -0.4 is 5.73 Å². The Labute approximate surface area is 141 Å². The van der Waals surface area contributed by atoms with E-state index < -0.39 is 0 Å². The van der Waals surface area contributed by atoms with Gasteiger partial charge in [-0.2, -0.15) is 0 Å². The van der Waals surface area contributed by atoms with E-state index in [-0.39, 0.29) is 18.0 Å². The molecule has 4 nitrogen and oxygen atoms in total. The minimum atomic E-state index is -0.0532. The molecule has 23 heavy (non-hydrogen) atoms. The number of hydrogen-bond acceptors (Lipinski definition) is 3. The van der Waals surface area contributed by atoms with Crippen molar-refractivity contribution in [1.82, 2.24) is 4.90 Å². The molecule has 1 aromatic heterocycles. The second-order valence-corrected chi connectivity index (χ2v) is 6.65. The molecule has 2 N–H and O–H groups in total. The van der Waals surface area contributed by atoms with Gasteiger partial charge in [0.2, 0.25) is 0 Å². The molecule has 1 saturated heterocycles. The topological polar surface area (TPSA) is 59.5 Å². The third kappa shape index (κ3) is 3.08. The summed E-state index contributed by atoms with van der Waals surface area (Å²) in [6, 6.07) is 9.22. The number of carbonyl (C=O) groups excluding carboxylic acids is 1. The Morgan fingerprint density at radius 1 is 1.22 bits per heavy atom. The van der Waals surface area contributed by atoms with Gasteiger partial charge in [-0.05, 0) is 63.4 Å². The molecule has 2 unspecified atom stereocenters. The number of piperidine rings is 1. The maximum absolute atomic E-state index is 12.8. The van der Waals surface area contributed by atoms with Crippen molar-refractivity contribution in [2.75, 3.05) is 5.73 Å². The quantitative estimate of drug-likeness (QED) is 0.818. The van der Waals surface area contributed by atoms with Crippen LogP contribution in [0.2, 0.25) is 5.02 Å². The van der Waals surface area contributed by atoms with Crippen LogP contribution in [0, 0.1) is 0 Å². The summed E-state index contributed by atoms with van der Waals surface area (Å²) in [5.41, 5.74) is 7.04. The number of nitrogens with zero attached hydrogens (tertiary/aromatic N) is 1. The van der Waals surface area contributed by atoms with Crippen LogP contribution in [0.4, 0.5) is 5.69 Å². The molecule has 0 saturated carbocycles. The van der Waals surface area contributed by atoms with Crippen molar-refractivity contribution in [3.63, 3.8) is 0 Å². The summed E-state index contributed by atoms with van der Waals surface area (Å²) in [5, 5.41) is 0.512. The summed E-state index contributed by atoms with van der Waals surface area (Å²) < 4.78 is 5.79. The molecule has 2 heterocycles. The first-order valence-electron chi connectivity index (χ1n) is 7.95. The van der Waals surface area contributed by atoms with Crippen LogP contribution in [0.15, 0.2) is 34.7 Å². The monoisotopic (exact) mass is 332 g/mol. The lowest BCUT2D eigenvalue weighted by atomic mass is 9.97. The van der Waals surface area contributed by atoms with Crippen molar-refractivity contribution in [3.05, 3.63) is 41.1 Å². The number of likely N-dealkylation sites (tertiary alicyclic amines) is 1. The second-order valence-electron chi connectivity index (χ2n) is 6.24. The average molecular weight is 333 g/mol. The van der Waals surface area contributed by atoms with Gasteiger partial charge in [-0.25, -0.2) is 0 Å². The van der Waals surface area contributed by atoms with Crippen LogP contribution in [0.3, 0.4) is 0 Å². The molecule has 1 aromatic carbocycles. The lowest BCUT2D eigenvalue weighted by Crippen LogP contribution is -2.47. The van der Waals surface area contributed by atoms with E-state index >= 15 is 0 Å². The van der Waals surface area contributed by atoms with E-state index in [1.54, 1.807) is 30.3 Å². The summed E-state index contributed by atoms with van der Waals surface area (Å²) in [5.74, 6) is 0.881. The summed E-state index contributed by atoms with van der Waals surface area (Å²) in [6.45, 7) is 4.18. The van der Waals surface area contributed by atoms with Gasteiger partial charge in [0.05, 0.1) is 5.02 Å². The Morgan fingerprint density at radius 3 is 2.57 bits per heavy atom. The minimum Gasteiger partial charge on any atom is -0.451 e. The largest absolute Gasteiger partial charge is 0.451 e. The number of hydrogen-bond donors (Lipinski definition) is 1. The zero-order valence-corrected chi connectivity index (χ0v) is 14.1. The number of nitrogens with two attached hydrogens (primary N) is 1. The van der Waals surface area contributed by atoms with Crippen LogP contribution in [0.1, 0.15) is 43.7 Å². The fourth-order valence-electron chi connectivity index (χ4n) is 3.28. The minimum absolute atomic E-state index is 0.0532. The molecule has 1 amide bonds. The third-order valence-corrected chi connectivity index (χ3v) is 4.82. The molecule has 0 bridgehead atoms. The van der Waals surface area contributed by atoms with Gasteiger partial charge in [-0.1, -0.05) is 11.6 Å². The van der Waals surface area contributed by atoms with E-state index in [0.29, 0.717) is 22.2 Å². The molecular formula is C18H21ClN2O2. The first-order chi connectivity index (χ1) is 11.0. The summed E-state index contributed by atoms with van der Waals surface area (Å²) in [4.78, 5) is 14.7. The maximum atomic E-state index is 12.8. The van der Waals surface area contributed by atoms with Gasteiger partial charge >= 0.3 is 0 Å². The number of furan rings is 1. The van der Waals surface area contributed by atoms with Crippen LogP contribution in [-0.2, 0) is 0 Å². The van der Waals surface area contributed by atoms with Crippen LogP contribution in [0.25, 0.3) is 11.3 Å². The summed E-state index contributed by atoms with van der Waals surface area (Å²) in [7, 11) is 0. The third-order valence-electron chi connectivity index (χ3n) is 4.50. The number of amides is 1. The van der Waals surface area contributed by atoms with Crippen molar-refractivity contribution in [1.29, 1.82) is 0 Å². The normalized spacial score (nSPS) is 21.4. The van der Waals surface area contributed by atoms with Gasteiger partial charge in [0.25, 0.3) is 5.91 Å². The first-order valence-corrected chi connectivity index (χ1v) is 8.33. The number of benzene rings is 1. The Kier molecular flexibility index (Phi) is 4.35. The van der Waals surface area contributed by atoms with E-state index in [2.05, 4.69) is 13.8 Å². The number of halogens is 1.